The number of hydrogen-bond acceptors (Lipinski definition) is 0. The van der Waals surface area contributed by atoms with Gasteiger partial charge in [-0.3, -0.25) is 0 Å². The van der Waals surface area contributed by atoms with Crippen LogP contribution in [-0.2, 0) is 0 Å². The molecule has 1 heteroatoms. The average molecular weight is 256 g/mol. The summed E-state index contributed by atoms with van der Waals surface area (Å²) in [5.41, 5.74) is 0. The highest BCUT2D eigenvalue weighted by atomic mass is 14.8. The first kappa shape index (κ1) is 18.0. The van der Waals surface area contributed by atoms with Crippen molar-refractivity contribution in [3.63, 3.8) is 0 Å². The Bertz CT molecular complexity index is 118. The molecule has 0 aliphatic carbocycles. The molecule has 110 valence electrons. The molecular formula is C17H38N+. The van der Waals surface area contributed by atoms with Gasteiger partial charge in [-0.05, 0) is 12.8 Å². The standard InChI is InChI=1S/C17H37N/c1-3-4-5-6-7-8-9-10-11-12-13-14-15-16-17-18-2/h18H,3-17H2,1-2H3/p+1. The van der Waals surface area contributed by atoms with Crippen LogP contribution >= 0.6 is 0 Å². The van der Waals surface area contributed by atoms with Gasteiger partial charge in [0.05, 0.1) is 13.6 Å². The molecule has 0 amide bonds. The zero-order valence-electron chi connectivity index (χ0n) is 13.2. The van der Waals surface area contributed by atoms with Gasteiger partial charge in [0.1, 0.15) is 0 Å². The van der Waals surface area contributed by atoms with Gasteiger partial charge in [0.25, 0.3) is 0 Å². The van der Waals surface area contributed by atoms with E-state index in [1.165, 1.54) is 96.4 Å². The van der Waals surface area contributed by atoms with Crippen LogP contribution in [0.25, 0.3) is 0 Å². The normalized spacial score (nSPS) is 11.0. The second kappa shape index (κ2) is 17.0. The molecule has 0 aliphatic rings. The van der Waals surface area contributed by atoms with Crippen LogP contribution in [0.5, 0.6) is 0 Å². The molecule has 1 nitrogen and oxygen atoms in total. The third-order valence-electron chi connectivity index (χ3n) is 3.85. The lowest BCUT2D eigenvalue weighted by atomic mass is 10.0. The number of unbranched alkanes of at least 4 members (excludes halogenated alkanes) is 13. The molecule has 0 aromatic rings. The van der Waals surface area contributed by atoms with Crippen LogP contribution in [0.3, 0.4) is 0 Å². The van der Waals surface area contributed by atoms with E-state index in [9.17, 15) is 0 Å². The van der Waals surface area contributed by atoms with Crippen molar-refractivity contribution < 1.29 is 5.32 Å². The maximum absolute atomic E-state index is 2.29. The highest BCUT2D eigenvalue weighted by Crippen LogP contribution is 2.12. The van der Waals surface area contributed by atoms with E-state index in [-0.39, 0.29) is 0 Å². The maximum Gasteiger partial charge on any atom is 0.0753 e. The first-order valence-corrected chi connectivity index (χ1v) is 8.69. The van der Waals surface area contributed by atoms with Crippen molar-refractivity contribution in [1.82, 2.24) is 0 Å². The Labute approximate surface area is 116 Å². The predicted molar refractivity (Wildman–Crippen MR) is 83.0 cm³/mol. The highest BCUT2D eigenvalue weighted by Gasteiger charge is 1.94. The van der Waals surface area contributed by atoms with Gasteiger partial charge >= 0.3 is 0 Å². The largest absolute Gasteiger partial charge is 0.349 e. The van der Waals surface area contributed by atoms with E-state index in [0.717, 1.165) is 0 Å². The van der Waals surface area contributed by atoms with Gasteiger partial charge in [0.15, 0.2) is 0 Å². The molecule has 0 fully saturated rings. The summed E-state index contributed by atoms with van der Waals surface area (Å²) in [6, 6.07) is 0. The van der Waals surface area contributed by atoms with Crippen LogP contribution in [0.1, 0.15) is 96.8 Å². The van der Waals surface area contributed by atoms with E-state index in [4.69, 9.17) is 0 Å². The molecule has 0 atom stereocenters. The molecule has 0 rings (SSSR count). The summed E-state index contributed by atoms with van der Waals surface area (Å²) < 4.78 is 0. The monoisotopic (exact) mass is 256 g/mol. The van der Waals surface area contributed by atoms with Crippen LogP contribution in [0.2, 0.25) is 0 Å². The summed E-state index contributed by atoms with van der Waals surface area (Å²) in [7, 11) is 2.17. The van der Waals surface area contributed by atoms with E-state index in [2.05, 4.69) is 19.3 Å². The Hall–Kier alpha value is -0.0400. The zero-order valence-corrected chi connectivity index (χ0v) is 13.2. The minimum absolute atomic E-state index is 1.32. The minimum Gasteiger partial charge on any atom is -0.349 e. The van der Waals surface area contributed by atoms with Gasteiger partial charge in [-0.15, -0.1) is 0 Å². The first-order valence-electron chi connectivity index (χ1n) is 8.69. The molecule has 0 unspecified atom stereocenters. The zero-order chi connectivity index (χ0) is 13.3. The fourth-order valence-electron chi connectivity index (χ4n) is 2.54. The summed E-state index contributed by atoms with van der Waals surface area (Å²) in [4.78, 5) is 0. The number of nitrogens with two attached hydrogens (primary N) is 1. The Morgan fingerprint density at radius 2 is 0.833 bits per heavy atom. The molecule has 18 heavy (non-hydrogen) atoms. The first-order chi connectivity index (χ1) is 8.91. The number of rotatable bonds is 15. The molecule has 2 N–H and O–H groups in total. The van der Waals surface area contributed by atoms with Crippen molar-refractivity contribution in [2.75, 3.05) is 13.6 Å². The molecule has 0 aliphatic heterocycles. The average Bonchev–Trinajstić information content (AvgIpc) is 2.39. The van der Waals surface area contributed by atoms with E-state index in [1.54, 1.807) is 0 Å². The lowest BCUT2D eigenvalue weighted by molar-refractivity contribution is -0.627. The van der Waals surface area contributed by atoms with Gasteiger partial charge in [-0.2, -0.15) is 0 Å². The number of hydrogen-bond donors (Lipinski definition) is 1. The lowest BCUT2D eigenvalue weighted by Crippen LogP contribution is -2.79. The Balaban J connectivity index is 2.86. The Kier molecular flexibility index (Phi) is 16.9. The van der Waals surface area contributed by atoms with E-state index in [1.807, 2.05) is 0 Å². The fourth-order valence-corrected chi connectivity index (χ4v) is 2.54. The van der Waals surface area contributed by atoms with Crippen LogP contribution in [-0.4, -0.2) is 13.6 Å². The second-order valence-electron chi connectivity index (χ2n) is 5.79. The summed E-state index contributed by atoms with van der Waals surface area (Å²) in [6.07, 6.45) is 20.4. The van der Waals surface area contributed by atoms with E-state index < -0.39 is 0 Å². The van der Waals surface area contributed by atoms with Gasteiger partial charge in [-0.25, -0.2) is 0 Å². The number of quaternary nitrogens is 1. The molecule has 0 aromatic heterocycles. The van der Waals surface area contributed by atoms with Crippen molar-refractivity contribution in [2.45, 2.75) is 96.8 Å². The summed E-state index contributed by atoms with van der Waals surface area (Å²) in [5.74, 6) is 0. The van der Waals surface area contributed by atoms with Crippen molar-refractivity contribution >= 4 is 0 Å². The minimum atomic E-state index is 1.32. The maximum atomic E-state index is 2.29. The molecule has 0 saturated heterocycles. The lowest BCUT2D eigenvalue weighted by Gasteiger charge is -2.02. The van der Waals surface area contributed by atoms with E-state index in [0.29, 0.717) is 0 Å². The van der Waals surface area contributed by atoms with Crippen LogP contribution < -0.4 is 5.32 Å². The topological polar surface area (TPSA) is 16.6 Å². The van der Waals surface area contributed by atoms with E-state index >= 15 is 0 Å². The van der Waals surface area contributed by atoms with Crippen LogP contribution in [0.15, 0.2) is 0 Å². The van der Waals surface area contributed by atoms with Gasteiger partial charge in [0.2, 0.25) is 0 Å². The summed E-state index contributed by atoms with van der Waals surface area (Å²) in [6.45, 7) is 3.61. The fraction of sp³-hybridized carbons (Fsp3) is 1.00. The van der Waals surface area contributed by atoms with Gasteiger partial charge < -0.3 is 5.32 Å². The van der Waals surface area contributed by atoms with Crippen LogP contribution in [0, 0.1) is 0 Å². The highest BCUT2D eigenvalue weighted by molar-refractivity contribution is 4.48. The van der Waals surface area contributed by atoms with Crippen molar-refractivity contribution in [3.8, 4) is 0 Å². The third-order valence-corrected chi connectivity index (χ3v) is 3.85. The van der Waals surface area contributed by atoms with Crippen molar-refractivity contribution in [1.29, 1.82) is 0 Å². The predicted octanol–water partition coefficient (Wildman–Crippen LogP) is 4.66. The molecule has 0 bridgehead atoms. The summed E-state index contributed by atoms with van der Waals surface area (Å²) in [5, 5.41) is 2.29. The van der Waals surface area contributed by atoms with Crippen molar-refractivity contribution in [3.05, 3.63) is 0 Å². The summed E-state index contributed by atoms with van der Waals surface area (Å²) >= 11 is 0. The SMILES string of the molecule is CCCCCCCCCCCCCCCC[NH2+]C. The molecule has 0 aromatic carbocycles. The smallest absolute Gasteiger partial charge is 0.0753 e. The quantitative estimate of drug-likeness (QED) is 0.410. The Morgan fingerprint density at radius 3 is 1.17 bits per heavy atom. The molecule has 0 radical (unpaired) electrons. The van der Waals surface area contributed by atoms with Crippen molar-refractivity contribution in [2.24, 2.45) is 0 Å². The van der Waals surface area contributed by atoms with Gasteiger partial charge in [0, 0.05) is 0 Å². The molecule has 0 heterocycles. The van der Waals surface area contributed by atoms with Gasteiger partial charge in [-0.1, -0.05) is 84.0 Å². The third kappa shape index (κ3) is 16.0. The molecule has 0 saturated carbocycles. The molecular weight excluding hydrogens is 218 g/mol. The molecule has 0 spiro atoms. The van der Waals surface area contributed by atoms with Crippen LogP contribution in [0.4, 0.5) is 0 Å². The second-order valence-corrected chi connectivity index (χ2v) is 5.79. The Morgan fingerprint density at radius 1 is 0.500 bits per heavy atom.